The van der Waals surface area contributed by atoms with Gasteiger partial charge in [0.25, 0.3) is 11.6 Å². The molecule has 0 aromatic heterocycles. The molecule has 3 N–H and O–H groups in total. The lowest BCUT2D eigenvalue weighted by Crippen LogP contribution is -2.33. The molecule has 0 radical (unpaired) electrons. The summed E-state index contributed by atoms with van der Waals surface area (Å²) in [5, 5.41) is 13.5. The van der Waals surface area contributed by atoms with Crippen LogP contribution in [-0.4, -0.2) is 41.9 Å². The van der Waals surface area contributed by atoms with Crippen LogP contribution in [0, 0.1) is 10.1 Å². The summed E-state index contributed by atoms with van der Waals surface area (Å²) in [7, 11) is 0. The van der Waals surface area contributed by atoms with Gasteiger partial charge in [-0.15, -0.1) is 0 Å². The number of nitrogens with zero attached hydrogens (tertiary/aromatic N) is 2. The molecule has 0 bridgehead atoms. The number of hydrogen-bond donors (Lipinski definition) is 2. The third kappa shape index (κ3) is 3.45. The van der Waals surface area contributed by atoms with Crippen LogP contribution in [-0.2, 0) is 0 Å². The molecule has 7 nitrogen and oxygen atoms in total. The van der Waals surface area contributed by atoms with E-state index in [1.54, 1.807) is 0 Å². The van der Waals surface area contributed by atoms with Crippen LogP contribution in [0.2, 0.25) is 0 Å². The van der Waals surface area contributed by atoms with Crippen LogP contribution in [0.25, 0.3) is 0 Å². The number of nitrogens with one attached hydrogen (secondary N) is 1. The van der Waals surface area contributed by atoms with Crippen molar-refractivity contribution in [3.63, 3.8) is 0 Å². The van der Waals surface area contributed by atoms with Gasteiger partial charge in [-0.25, -0.2) is 0 Å². The Morgan fingerprint density at radius 3 is 2.75 bits per heavy atom. The molecule has 0 saturated carbocycles. The summed E-state index contributed by atoms with van der Waals surface area (Å²) in [4.78, 5) is 24.4. The molecule has 20 heavy (non-hydrogen) atoms. The molecule has 2 rings (SSSR count). The van der Waals surface area contributed by atoms with Gasteiger partial charge in [-0.05, 0) is 38.1 Å². The first kappa shape index (κ1) is 14.3. The number of carbonyl (C=O) groups excluding carboxylic acids is 1. The number of anilines is 1. The van der Waals surface area contributed by atoms with E-state index in [1.807, 2.05) is 0 Å². The van der Waals surface area contributed by atoms with E-state index in [2.05, 4.69) is 10.2 Å². The second kappa shape index (κ2) is 6.33. The van der Waals surface area contributed by atoms with E-state index in [-0.39, 0.29) is 22.8 Å². The van der Waals surface area contributed by atoms with Crippen LogP contribution < -0.4 is 11.1 Å². The lowest BCUT2D eigenvalue weighted by atomic mass is 10.1. The molecular formula is C13H18N4O3. The normalized spacial score (nSPS) is 15.2. The van der Waals surface area contributed by atoms with Crippen molar-refractivity contribution in [3.05, 3.63) is 33.9 Å². The van der Waals surface area contributed by atoms with E-state index in [0.29, 0.717) is 6.54 Å². The number of amides is 1. The maximum absolute atomic E-state index is 11.9. The number of carbonyl (C=O) groups is 1. The summed E-state index contributed by atoms with van der Waals surface area (Å²) in [5.74, 6) is -0.313. The van der Waals surface area contributed by atoms with Crippen molar-refractivity contribution in [1.29, 1.82) is 0 Å². The third-order valence-electron chi connectivity index (χ3n) is 3.40. The van der Waals surface area contributed by atoms with Gasteiger partial charge in [0.15, 0.2) is 0 Å². The molecule has 1 heterocycles. The van der Waals surface area contributed by atoms with Gasteiger partial charge in [0.1, 0.15) is 5.69 Å². The second-order valence-electron chi connectivity index (χ2n) is 4.84. The summed E-state index contributed by atoms with van der Waals surface area (Å²) in [6.07, 6.45) is 2.41. The number of rotatable bonds is 5. The molecule has 0 atom stereocenters. The van der Waals surface area contributed by atoms with Crippen LogP contribution in [0.3, 0.4) is 0 Å². The Kier molecular flexibility index (Phi) is 4.52. The minimum absolute atomic E-state index is 0.0589. The number of benzene rings is 1. The first-order chi connectivity index (χ1) is 9.58. The van der Waals surface area contributed by atoms with Crippen LogP contribution >= 0.6 is 0 Å². The molecule has 1 aromatic carbocycles. The molecule has 0 aliphatic carbocycles. The predicted octanol–water partition coefficient (Wildman–Crippen LogP) is 1.00. The van der Waals surface area contributed by atoms with Crippen molar-refractivity contribution >= 4 is 17.3 Å². The van der Waals surface area contributed by atoms with Crippen LogP contribution in [0.5, 0.6) is 0 Å². The SMILES string of the molecule is Nc1ccc(C(=O)NCCN2CCCC2)cc1[N+](=O)[O-]. The Balaban J connectivity index is 1.91. The minimum Gasteiger partial charge on any atom is -0.393 e. The predicted molar refractivity (Wildman–Crippen MR) is 75.5 cm³/mol. The lowest BCUT2D eigenvalue weighted by molar-refractivity contribution is -0.383. The molecule has 1 aromatic rings. The summed E-state index contributed by atoms with van der Waals surface area (Å²) in [6.45, 7) is 3.49. The monoisotopic (exact) mass is 278 g/mol. The van der Waals surface area contributed by atoms with Crippen molar-refractivity contribution < 1.29 is 9.72 Å². The zero-order valence-electron chi connectivity index (χ0n) is 11.2. The first-order valence-electron chi connectivity index (χ1n) is 6.62. The van der Waals surface area contributed by atoms with Gasteiger partial charge in [-0.3, -0.25) is 14.9 Å². The second-order valence-corrected chi connectivity index (χ2v) is 4.84. The van der Waals surface area contributed by atoms with E-state index in [1.165, 1.54) is 31.0 Å². The Hall–Kier alpha value is -2.15. The summed E-state index contributed by atoms with van der Waals surface area (Å²) >= 11 is 0. The maximum atomic E-state index is 11.9. The van der Waals surface area contributed by atoms with Crippen LogP contribution in [0.4, 0.5) is 11.4 Å². The number of likely N-dealkylation sites (tertiary alicyclic amines) is 1. The van der Waals surface area contributed by atoms with Crippen molar-refractivity contribution in [3.8, 4) is 0 Å². The van der Waals surface area contributed by atoms with E-state index in [4.69, 9.17) is 5.73 Å². The Bertz CT molecular complexity index is 512. The number of nitrogen functional groups attached to an aromatic ring is 1. The number of nitro groups is 1. The molecular weight excluding hydrogens is 260 g/mol. The van der Waals surface area contributed by atoms with Crippen LogP contribution in [0.1, 0.15) is 23.2 Å². The standard InChI is InChI=1S/C13H18N4O3/c14-11-4-3-10(9-12(11)17(19)20)13(18)15-5-8-16-6-1-2-7-16/h3-4,9H,1-2,5-8,14H2,(H,15,18). The fourth-order valence-electron chi connectivity index (χ4n) is 2.28. The lowest BCUT2D eigenvalue weighted by Gasteiger charge is -2.14. The molecule has 1 aliphatic heterocycles. The smallest absolute Gasteiger partial charge is 0.292 e. The van der Waals surface area contributed by atoms with Crippen LogP contribution in [0.15, 0.2) is 18.2 Å². The van der Waals surface area contributed by atoms with Gasteiger partial charge in [-0.2, -0.15) is 0 Å². The highest BCUT2D eigenvalue weighted by Crippen LogP contribution is 2.22. The van der Waals surface area contributed by atoms with Gasteiger partial charge >= 0.3 is 0 Å². The van der Waals surface area contributed by atoms with Crippen molar-refractivity contribution in [1.82, 2.24) is 10.2 Å². The summed E-state index contributed by atoms with van der Waals surface area (Å²) < 4.78 is 0. The molecule has 1 aliphatic rings. The average Bonchev–Trinajstić information content (AvgIpc) is 2.92. The fraction of sp³-hybridized carbons (Fsp3) is 0.462. The molecule has 0 spiro atoms. The van der Waals surface area contributed by atoms with Gasteiger partial charge in [0.2, 0.25) is 0 Å². The summed E-state index contributed by atoms with van der Waals surface area (Å²) in [5.41, 5.74) is 5.57. The van der Waals surface area contributed by atoms with E-state index >= 15 is 0 Å². The highest BCUT2D eigenvalue weighted by atomic mass is 16.6. The fourth-order valence-corrected chi connectivity index (χ4v) is 2.28. The molecule has 7 heteroatoms. The Labute approximate surface area is 116 Å². The van der Waals surface area contributed by atoms with E-state index < -0.39 is 4.92 Å². The zero-order chi connectivity index (χ0) is 14.5. The Morgan fingerprint density at radius 1 is 1.40 bits per heavy atom. The van der Waals surface area contributed by atoms with E-state index in [9.17, 15) is 14.9 Å². The maximum Gasteiger partial charge on any atom is 0.292 e. The molecule has 108 valence electrons. The highest BCUT2D eigenvalue weighted by molar-refractivity contribution is 5.95. The minimum atomic E-state index is -0.587. The van der Waals surface area contributed by atoms with Gasteiger partial charge in [-0.1, -0.05) is 0 Å². The van der Waals surface area contributed by atoms with Gasteiger partial charge < -0.3 is 16.0 Å². The number of hydrogen-bond acceptors (Lipinski definition) is 5. The molecule has 1 saturated heterocycles. The van der Waals surface area contributed by atoms with Crippen molar-refractivity contribution in [2.45, 2.75) is 12.8 Å². The third-order valence-corrected chi connectivity index (χ3v) is 3.40. The summed E-state index contributed by atoms with van der Waals surface area (Å²) in [6, 6.07) is 4.08. The first-order valence-corrected chi connectivity index (χ1v) is 6.62. The molecule has 0 unspecified atom stereocenters. The number of nitrogens with two attached hydrogens (primary N) is 1. The number of nitro benzene ring substituents is 1. The molecule has 1 amide bonds. The van der Waals surface area contributed by atoms with Crippen molar-refractivity contribution in [2.24, 2.45) is 0 Å². The average molecular weight is 278 g/mol. The highest BCUT2D eigenvalue weighted by Gasteiger charge is 2.16. The zero-order valence-corrected chi connectivity index (χ0v) is 11.2. The topological polar surface area (TPSA) is 102 Å². The van der Waals surface area contributed by atoms with Gasteiger partial charge in [0.05, 0.1) is 4.92 Å². The quantitative estimate of drug-likeness (QED) is 0.475. The largest absolute Gasteiger partial charge is 0.393 e. The Morgan fingerprint density at radius 2 is 2.10 bits per heavy atom. The van der Waals surface area contributed by atoms with E-state index in [0.717, 1.165) is 19.6 Å². The van der Waals surface area contributed by atoms with Gasteiger partial charge in [0, 0.05) is 24.7 Å². The van der Waals surface area contributed by atoms with Crippen molar-refractivity contribution in [2.75, 3.05) is 31.9 Å². The molecule has 1 fully saturated rings.